The number of rotatable bonds is 5. The molecule has 0 amide bonds. The number of furan rings is 1. The van der Waals surface area contributed by atoms with Gasteiger partial charge in [0.05, 0.1) is 11.6 Å². The van der Waals surface area contributed by atoms with Gasteiger partial charge in [-0.25, -0.2) is 15.0 Å². The van der Waals surface area contributed by atoms with Gasteiger partial charge in [0.1, 0.15) is 11.2 Å². The fourth-order valence-electron chi connectivity index (χ4n) is 8.08. The van der Waals surface area contributed by atoms with Crippen LogP contribution in [0.5, 0.6) is 0 Å². The molecule has 0 radical (unpaired) electrons. The average molecular weight is 693 g/mol. The number of benzene rings is 7. The molecule has 0 spiro atoms. The first-order valence-electron chi connectivity index (χ1n) is 18.1. The zero-order chi connectivity index (χ0) is 36.4. The Morgan fingerprint density at radius 3 is 1.81 bits per heavy atom. The molecule has 0 fully saturated rings. The van der Waals surface area contributed by atoms with Gasteiger partial charge in [-0.1, -0.05) is 141 Å². The molecule has 0 aliphatic heterocycles. The first kappa shape index (κ1) is 31.6. The Morgan fingerprint density at radius 1 is 0.463 bits per heavy atom. The highest BCUT2D eigenvalue weighted by Gasteiger charge is 2.35. The number of hydrogen-bond donors (Lipinski definition) is 0. The van der Waals surface area contributed by atoms with Gasteiger partial charge in [-0.15, -0.1) is 0 Å². The summed E-state index contributed by atoms with van der Waals surface area (Å²) < 4.78 is 6.49. The van der Waals surface area contributed by atoms with E-state index in [1.807, 2.05) is 72.8 Å². The maximum absolute atomic E-state index is 9.72. The first-order valence-corrected chi connectivity index (χ1v) is 18.1. The van der Waals surface area contributed by atoms with E-state index in [2.05, 4.69) is 105 Å². The Balaban J connectivity index is 1.13. The van der Waals surface area contributed by atoms with Crippen LogP contribution in [0.3, 0.4) is 0 Å². The summed E-state index contributed by atoms with van der Waals surface area (Å²) in [6, 6.07) is 56.1. The van der Waals surface area contributed by atoms with Gasteiger partial charge < -0.3 is 4.42 Å². The number of fused-ring (bicyclic) bond motifs is 6. The molecule has 1 aliphatic rings. The molecule has 0 bridgehead atoms. The second-order valence-electron chi connectivity index (χ2n) is 14.3. The minimum absolute atomic E-state index is 0.103. The summed E-state index contributed by atoms with van der Waals surface area (Å²) in [5.74, 6) is 1.71. The monoisotopic (exact) mass is 692 g/mol. The third kappa shape index (κ3) is 5.03. The van der Waals surface area contributed by atoms with Crippen molar-refractivity contribution in [2.45, 2.75) is 19.3 Å². The Bertz CT molecular complexity index is 2970. The molecule has 2 heterocycles. The highest BCUT2D eigenvalue weighted by Crippen LogP contribution is 2.49. The highest BCUT2D eigenvalue weighted by molar-refractivity contribution is 6.13. The van der Waals surface area contributed by atoms with Crippen LogP contribution in [0, 0.1) is 11.3 Å². The predicted octanol–water partition coefficient (Wildman–Crippen LogP) is 12.3. The predicted molar refractivity (Wildman–Crippen MR) is 217 cm³/mol. The Labute approximate surface area is 312 Å². The average Bonchev–Trinajstić information content (AvgIpc) is 3.72. The Morgan fingerprint density at radius 2 is 1.04 bits per heavy atom. The minimum Gasteiger partial charge on any atom is -0.456 e. The van der Waals surface area contributed by atoms with Gasteiger partial charge >= 0.3 is 0 Å². The van der Waals surface area contributed by atoms with Gasteiger partial charge in [-0.3, -0.25) is 0 Å². The highest BCUT2D eigenvalue weighted by atomic mass is 16.3. The smallest absolute Gasteiger partial charge is 0.164 e. The van der Waals surface area contributed by atoms with E-state index in [1.165, 1.54) is 22.3 Å². The van der Waals surface area contributed by atoms with E-state index in [4.69, 9.17) is 19.4 Å². The van der Waals surface area contributed by atoms with Crippen molar-refractivity contribution < 1.29 is 4.42 Å². The lowest BCUT2D eigenvalue weighted by Gasteiger charge is -2.21. The molecule has 0 atom stereocenters. The molecular formula is C49H32N4O. The molecule has 54 heavy (non-hydrogen) atoms. The van der Waals surface area contributed by atoms with E-state index in [-0.39, 0.29) is 5.41 Å². The molecule has 254 valence electrons. The lowest BCUT2D eigenvalue weighted by atomic mass is 9.82. The third-order valence-electron chi connectivity index (χ3n) is 10.8. The molecule has 5 nitrogen and oxygen atoms in total. The van der Waals surface area contributed by atoms with Crippen molar-refractivity contribution in [2.24, 2.45) is 0 Å². The second-order valence-corrected chi connectivity index (χ2v) is 14.3. The fraction of sp³-hybridized carbons (Fsp3) is 0.0612. The molecule has 9 aromatic rings. The number of hydrogen-bond acceptors (Lipinski definition) is 5. The summed E-state index contributed by atoms with van der Waals surface area (Å²) in [6.45, 7) is 4.57. The molecular weight excluding hydrogens is 661 g/mol. The second kappa shape index (κ2) is 12.2. The van der Waals surface area contributed by atoms with Crippen LogP contribution in [-0.4, -0.2) is 15.0 Å². The van der Waals surface area contributed by atoms with Crippen molar-refractivity contribution in [2.75, 3.05) is 0 Å². The van der Waals surface area contributed by atoms with Gasteiger partial charge in [-0.2, -0.15) is 5.26 Å². The molecule has 0 unspecified atom stereocenters. The van der Waals surface area contributed by atoms with Crippen LogP contribution in [0.15, 0.2) is 162 Å². The van der Waals surface area contributed by atoms with E-state index >= 15 is 0 Å². The topological polar surface area (TPSA) is 75.6 Å². The van der Waals surface area contributed by atoms with Crippen LogP contribution in [0.2, 0.25) is 0 Å². The standard InChI is InChI=1S/C49H32N4O/c1-49(2)41-17-9-8-15-38(41)40-27-33(24-26-42(40)49)47-51-46(32-21-19-31(20-22-32)36-14-7-6-13-35(36)29-50)52-48(53-47)34-23-25-39-44(28-34)54-43-18-10-16-37(45(39)43)30-11-4-3-5-12-30/h3-28H,1-2H3. The quantitative estimate of drug-likeness (QED) is 0.179. The maximum Gasteiger partial charge on any atom is 0.164 e. The van der Waals surface area contributed by atoms with Crippen molar-refractivity contribution in [1.29, 1.82) is 5.26 Å². The van der Waals surface area contributed by atoms with E-state index in [0.29, 0.717) is 23.0 Å². The summed E-state index contributed by atoms with van der Waals surface area (Å²) >= 11 is 0. The third-order valence-corrected chi connectivity index (χ3v) is 10.8. The van der Waals surface area contributed by atoms with Crippen molar-refractivity contribution in [3.05, 3.63) is 174 Å². The molecule has 2 aromatic heterocycles. The summed E-state index contributed by atoms with van der Waals surface area (Å²) in [7, 11) is 0. The number of nitrogens with zero attached hydrogens (tertiary/aromatic N) is 4. The van der Waals surface area contributed by atoms with Crippen LogP contribution < -0.4 is 0 Å². The van der Waals surface area contributed by atoms with E-state index in [1.54, 1.807) is 0 Å². The summed E-state index contributed by atoms with van der Waals surface area (Å²) in [4.78, 5) is 15.3. The Kier molecular flexibility index (Phi) is 7.14. The van der Waals surface area contributed by atoms with Gasteiger partial charge in [0.2, 0.25) is 0 Å². The van der Waals surface area contributed by atoms with Gasteiger partial charge in [0, 0.05) is 32.9 Å². The first-order chi connectivity index (χ1) is 26.5. The zero-order valence-corrected chi connectivity index (χ0v) is 29.7. The molecule has 10 rings (SSSR count). The molecule has 1 aliphatic carbocycles. The summed E-state index contributed by atoms with van der Waals surface area (Å²) in [5, 5.41) is 11.8. The van der Waals surface area contributed by atoms with Crippen molar-refractivity contribution in [3.63, 3.8) is 0 Å². The van der Waals surface area contributed by atoms with Crippen molar-refractivity contribution in [1.82, 2.24) is 15.0 Å². The normalized spacial score (nSPS) is 12.8. The molecule has 0 saturated heterocycles. The van der Waals surface area contributed by atoms with E-state index in [0.717, 1.165) is 60.9 Å². The largest absolute Gasteiger partial charge is 0.456 e. The summed E-state index contributed by atoms with van der Waals surface area (Å²) in [5.41, 5.74) is 13.9. The maximum atomic E-state index is 9.72. The minimum atomic E-state index is -0.103. The lowest BCUT2D eigenvalue weighted by molar-refractivity contribution is 0.660. The van der Waals surface area contributed by atoms with Gasteiger partial charge in [-0.05, 0) is 74.8 Å². The van der Waals surface area contributed by atoms with E-state index in [9.17, 15) is 5.26 Å². The van der Waals surface area contributed by atoms with Gasteiger partial charge in [0.25, 0.3) is 0 Å². The lowest BCUT2D eigenvalue weighted by Crippen LogP contribution is -2.14. The molecule has 0 saturated carbocycles. The van der Waals surface area contributed by atoms with E-state index < -0.39 is 0 Å². The summed E-state index contributed by atoms with van der Waals surface area (Å²) in [6.07, 6.45) is 0. The molecule has 7 aromatic carbocycles. The number of nitriles is 1. The van der Waals surface area contributed by atoms with Crippen molar-refractivity contribution >= 4 is 21.9 Å². The van der Waals surface area contributed by atoms with Crippen LogP contribution in [0.1, 0.15) is 30.5 Å². The zero-order valence-electron chi connectivity index (χ0n) is 29.7. The van der Waals surface area contributed by atoms with Crippen LogP contribution in [0.25, 0.3) is 89.5 Å². The Hall–Kier alpha value is -7.16. The molecule has 0 N–H and O–H groups in total. The molecule has 5 heteroatoms. The van der Waals surface area contributed by atoms with Gasteiger partial charge in [0.15, 0.2) is 17.5 Å². The number of aromatic nitrogens is 3. The van der Waals surface area contributed by atoms with Crippen molar-refractivity contribution in [3.8, 4) is 73.6 Å². The SMILES string of the molecule is CC1(C)c2ccccc2-c2cc(-c3nc(-c4ccc(-c5ccccc5C#N)cc4)nc(-c4ccc5c(c4)oc4cccc(-c6ccccc6)c45)n3)ccc21. The van der Waals surface area contributed by atoms with Crippen LogP contribution >= 0.6 is 0 Å². The fourth-order valence-corrected chi connectivity index (χ4v) is 8.08. The van der Waals surface area contributed by atoms with Crippen LogP contribution in [-0.2, 0) is 5.41 Å². The van der Waals surface area contributed by atoms with Crippen LogP contribution in [0.4, 0.5) is 0 Å².